The molecule has 1 aliphatic heterocycles. The van der Waals surface area contributed by atoms with Crippen LogP contribution in [-0.2, 0) is 13.0 Å². The standard InChI is InChI=1S/C24H26ClN7O/c1-3-18-4-7-21(8-5-18)32-16-20(27-28-32)15-29-10-12-30(13-11-29)24(33)23-17(2)26-22-9-6-19(25)14-31(22)23/h4-9,14,16H,3,10-13,15H2,1-2H3. The molecule has 0 N–H and O–H groups in total. The van der Waals surface area contributed by atoms with Crippen molar-refractivity contribution in [2.24, 2.45) is 0 Å². The van der Waals surface area contributed by atoms with Gasteiger partial charge in [0.25, 0.3) is 5.91 Å². The SMILES string of the molecule is CCc1ccc(-n2cc(CN3CCN(C(=O)c4c(C)nc5ccc(Cl)cn45)CC3)nn2)cc1. The van der Waals surface area contributed by atoms with Gasteiger partial charge >= 0.3 is 0 Å². The van der Waals surface area contributed by atoms with E-state index in [1.807, 2.05) is 28.8 Å². The molecular formula is C24H26ClN7O. The Labute approximate surface area is 197 Å². The maximum Gasteiger partial charge on any atom is 0.272 e. The predicted octanol–water partition coefficient (Wildman–Crippen LogP) is 3.40. The van der Waals surface area contributed by atoms with Gasteiger partial charge in [0.05, 0.1) is 28.3 Å². The number of carbonyl (C=O) groups is 1. The fraction of sp³-hybridized carbons (Fsp3) is 0.333. The van der Waals surface area contributed by atoms with Gasteiger partial charge in [-0.2, -0.15) is 0 Å². The highest BCUT2D eigenvalue weighted by molar-refractivity contribution is 6.30. The van der Waals surface area contributed by atoms with Crippen LogP contribution in [0.15, 0.2) is 48.8 Å². The Kier molecular flexibility index (Phi) is 5.86. The monoisotopic (exact) mass is 463 g/mol. The molecule has 0 bridgehead atoms. The number of carbonyl (C=O) groups excluding carboxylic acids is 1. The number of halogens is 1. The average molecular weight is 464 g/mol. The molecule has 4 aromatic rings. The quantitative estimate of drug-likeness (QED) is 0.453. The fourth-order valence-electron chi connectivity index (χ4n) is 4.26. The van der Waals surface area contributed by atoms with Gasteiger partial charge < -0.3 is 4.90 Å². The average Bonchev–Trinajstić information content (AvgIpc) is 3.42. The first-order valence-corrected chi connectivity index (χ1v) is 11.6. The molecule has 1 amide bonds. The molecule has 5 rings (SSSR count). The molecule has 0 spiro atoms. The van der Waals surface area contributed by atoms with Gasteiger partial charge in [-0.25, -0.2) is 9.67 Å². The highest BCUT2D eigenvalue weighted by atomic mass is 35.5. The molecular weight excluding hydrogens is 438 g/mol. The summed E-state index contributed by atoms with van der Waals surface area (Å²) in [6.07, 6.45) is 4.74. The molecule has 8 nitrogen and oxygen atoms in total. The number of piperazine rings is 1. The summed E-state index contributed by atoms with van der Waals surface area (Å²) in [5.74, 6) is -0.0108. The number of amides is 1. The van der Waals surface area contributed by atoms with E-state index in [1.54, 1.807) is 16.7 Å². The molecule has 9 heteroatoms. The third-order valence-electron chi connectivity index (χ3n) is 6.15. The molecule has 1 aliphatic rings. The molecule has 4 heterocycles. The number of hydrogen-bond acceptors (Lipinski definition) is 5. The Morgan fingerprint density at radius 2 is 1.79 bits per heavy atom. The van der Waals surface area contributed by atoms with Crippen LogP contribution in [-0.4, -0.2) is 66.3 Å². The van der Waals surface area contributed by atoms with E-state index in [1.165, 1.54) is 5.56 Å². The Morgan fingerprint density at radius 1 is 1.03 bits per heavy atom. The summed E-state index contributed by atoms with van der Waals surface area (Å²) < 4.78 is 3.60. The molecule has 170 valence electrons. The van der Waals surface area contributed by atoms with Crippen molar-refractivity contribution in [1.82, 2.24) is 34.2 Å². The van der Waals surface area contributed by atoms with Crippen LogP contribution in [0.3, 0.4) is 0 Å². The lowest BCUT2D eigenvalue weighted by Gasteiger charge is -2.34. The minimum atomic E-state index is -0.0108. The van der Waals surface area contributed by atoms with Gasteiger partial charge in [-0.1, -0.05) is 35.9 Å². The molecule has 33 heavy (non-hydrogen) atoms. The van der Waals surface area contributed by atoms with E-state index in [0.717, 1.165) is 36.5 Å². The lowest BCUT2D eigenvalue weighted by molar-refractivity contribution is 0.0619. The second-order valence-corrected chi connectivity index (χ2v) is 8.80. The van der Waals surface area contributed by atoms with E-state index in [-0.39, 0.29) is 5.91 Å². The van der Waals surface area contributed by atoms with Gasteiger partial charge in [-0.15, -0.1) is 5.10 Å². The maximum absolute atomic E-state index is 13.3. The lowest BCUT2D eigenvalue weighted by atomic mass is 10.1. The second kappa shape index (κ2) is 8.96. The topological polar surface area (TPSA) is 71.6 Å². The van der Waals surface area contributed by atoms with E-state index < -0.39 is 0 Å². The Hall–Kier alpha value is -3.23. The van der Waals surface area contributed by atoms with Crippen molar-refractivity contribution in [3.63, 3.8) is 0 Å². The van der Waals surface area contributed by atoms with Gasteiger partial charge in [0.2, 0.25) is 0 Å². The minimum Gasteiger partial charge on any atom is -0.335 e. The zero-order valence-electron chi connectivity index (χ0n) is 18.8. The predicted molar refractivity (Wildman–Crippen MR) is 127 cm³/mol. The van der Waals surface area contributed by atoms with Crippen molar-refractivity contribution in [2.45, 2.75) is 26.8 Å². The van der Waals surface area contributed by atoms with Crippen molar-refractivity contribution in [1.29, 1.82) is 0 Å². The number of hydrogen-bond donors (Lipinski definition) is 0. The van der Waals surface area contributed by atoms with Crippen molar-refractivity contribution in [2.75, 3.05) is 26.2 Å². The molecule has 1 aromatic carbocycles. The van der Waals surface area contributed by atoms with Crippen LogP contribution >= 0.6 is 11.6 Å². The summed E-state index contributed by atoms with van der Waals surface area (Å²) in [5, 5.41) is 9.21. The van der Waals surface area contributed by atoms with E-state index in [9.17, 15) is 4.79 Å². The van der Waals surface area contributed by atoms with Gasteiger partial charge in [0.1, 0.15) is 11.3 Å². The van der Waals surface area contributed by atoms with Crippen molar-refractivity contribution in [3.8, 4) is 5.69 Å². The van der Waals surface area contributed by atoms with Gasteiger partial charge in [0.15, 0.2) is 0 Å². The number of fused-ring (bicyclic) bond motifs is 1. The first-order valence-electron chi connectivity index (χ1n) is 11.2. The second-order valence-electron chi connectivity index (χ2n) is 8.36. The van der Waals surface area contributed by atoms with Crippen LogP contribution in [0.4, 0.5) is 0 Å². The van der Waals surface area contributed by atoms with Crippen LogP contribution in [0.5, 0.6) is 0 Å². The normalized spacial score (nSPS) is 14.8. The lowest BCUT2D eigenvalue weighted by Crippen LogP contribution is -2.48. The van der Waals surface area contributed by atoms with Crippen LogP contribution < -0.4 is 0 Å². The summed E-state index contributed by atoms with van der Waals surface area (Å²) >= 11 is 6.15. The number of benzene rings is 1. The highest BCUT2D eigenvalue weighted by Gasteiger charge is 2.26. The van der Waals surface area contributed by atoms with E-state index >= 15 is 0 Å². The summed E-state index contributed by atoms with van der Waals surface area (Å²) in [6, 6.07) is 12.0. The molecule has 0 atom stereocenters. The zero-order chi connectivity index (χ0) is 22.9. The smallest absolute Gasteiger partial charge is 0.272 e. The van der Waals surface area contributed by atoms with Gasteiger partial charge in [0, 0.05) is 38.9 Å². The zero-order valence-corrected chi connectivity index (χ0v) is 19.5. The fourth-order valence-corrected chi connectivity index (χ4v) is 4.42. The number of rotatable bonds is 5. The number of aryl methyl sites for hydroxylation is 2. The van der Waals surface area contributed by atoms with Gasteiger partial charge in [-0.05, 0) is 43.2 Å². The van der Waals surface area contributed by atoms with Crippen molar-refractivity contribution in [3.05, 3.63) is 76.5 Å². The summed E-state index contributed by atoms with van der Waals surface area (Å²) in [6.45, 7) is 7.57. The summed E-state index contributed by atoms with van der Waals surface area (Å²) in [4.78, 5) is 22.0. The Morgan fingerprint density at radius 3 is 2.52 bits per heavy atom. The van der Waals surface area contributed by atoms with Crippen LogP contribution in [0.25, 0.3) is 11.3 Å². The number of nitrogens with zero attached hydrogens (tertiary/aromatic N) is 7. The maximum atomic E-state index is 13.3. The molecule has 0 unspecified atom stereocenters. The Bertz CT molecular complexity index is 1290. The molecule has 0 saturated carbocycles. The summed E-state index contributed by atoms with van der Waals surface area (Å²) in [5.41, 5.74) is 5.25. The first-order chi connectivity index (χ1) is 16.0. The van der Waals surface area contributed by atoms with Crippen molar-refractivity contribution >= 4 is 23.2 Å². The number of imidazole rings is 1. The first kappa shape index (κ1) is 21.6. The van der Waals surface area contributed by atoms with Gasteiger partial charge in [-0.3, -0.25) is 14.1 Å². The number of pyridine rings is 1. The Balaban J connectivity index is 1.22. The third kappa shape index (κ3) is 4.36. The minimum absolute atomic E-state index is 0.0108. The highest BCUT2D eigenvalue weighted by Crippen LogP contribution is 2.19. The molecule has 1 saturated heterocycles. The summed E-state index contributed by atoms with van der Waals surface area (Å²) in [7, 11) is 0. The largest absolute Gasteiger partial charge is 0.335 e. The van der Waals surface area contributed by atoms with E-state index in [4.69, 9.17) is 11.6 Å². The van der Waals surface area contributed by atoms with Crippen LogP contribution in [0.1, 0.15) is 34.4 Å². The molecule has 0 aliphatic carbocycles. The molecule has 1 fully saturated rings. The van der Waals surface area contributed by atoms with Crippen LogP contribution in [0.2, 0.25) is 5.02 Å². The molecule has 3 aromatic heterocycles. The molecule has 0 radical (unpaired) electrons. The van der Waals surface area contributed by atoms with E-state index in [0.29, 0.717) is 36.0 Å². The number of aromatic nitrogens is 5. The van der Waals surface area contributed by atoms with Crippen molar-refractivity contribution < 1.29 is 4.79 Å². The third-order valence-corrected chi connectivity index (χ3v) is 6.38. The van der Waals surface area contributed by atoms with Crippen LogP contribution in [0, 0.1) is 6.92 Å². The van der Waals surface area contributed by atoms with E-state index in [2.05, 4.69) is 51.4 Å².